The first-order chi connectivity index (χ1) is 10.3. The monoisotopic (exact) mass is 302 g/mol. The van der Waals surface area contributed by atoms with Gasteiger partial charge < -0.3 is 9.72 Å². The first kappa shape index (κ1) is 12.9. The van der Waals surface area contributed by atoms with Crippen molar-refractivity contribution in [3.05, 3.63) is 35.9 Å². The van der Waals surface area contributed by atoms with E-state index in [0.29, 0.717) is 5.02 Å². The second kappa shape index (κ2) is 5.16. The van der Waals surface area contributed by atoms with Crippen molar-refractivity contribution in [3.63, 3.8) is 0 Å². The van der Waals surface area contributed by atoms with Gasteiger partial charge in [-0.15, -0.1) is 0 Å². The zero-order valence-electron chi connectivity index (χ0n) is 11.4. The minimum absolute atomic E-state index is 0.0502. The number of halogens is 1. The largest absolute Gasteiger partial charge is 0.358 e. The molecule has 1 unspecified atom stereocenters. The molecule has 1 N–H and O–H groups in total. The van der Waals surface area contributed by atoms with Gasteiger partial charge in [-0.25, -0.2) is 4.68 Å². The molecular weight excluding hydrogens is 288 g/mol. The van der Waals surface area contributed by atoms with Crippen LogP contribution in [0.4, 0.5) is 0 Å². The van der Waals surface area contributed by atoms with Crippen LogP contribution in [0.5, 0.6) is 0 Å². The van der Waals surface area contributed by atoms with Crippen LogP contribution in [0.2, 0.25) is 5.02 Å². The summed E-state index contributed by atoms with van der Waals surface area (Å²) in [5.41, 5.74) is 3.75. The average Bonchev–Trinajstić information content (AvgIpc) is 3.15. The van der Waals surface area contributed by atoms with Crippen LogP contribution in [0.3, 0.4) is 0 Å². The molecule has 3 aromatic heterocycles. The van der Waals surface area contributed by atoms with Gasteiger partial charge in [0.25, 0.3) is 0 Å². The molecular formula is C15H15ClN4O. The fourth-order valence-corrected chi connectivity index (χ4v) is 2.98. The van der Waals surface area contributed by atoms with Gasteiger partial charge in [0.2, 0.25) is 0 Å². The molecule has 1 aliphatic heterocycles. The number of hydrogen-bond acceptors (Lipinski definition) is 3. The van der Waals surface area contributed by atoms with Crippen molar-refractivity contribution in [2.24, 2.45) is 0 Å². The quantitative estimate of drug-likeness (QED) is 0.784. The fourth-order valence-electron chi connectivity index (χ4n) is 2.78. The first-order valence-corrected chi connectivity index (χ1v) is 7.48. The molecule has 108 valence electrons. The molecule has 1 fully saturated rings. The van der Waals surface area contributed by atoms with E-state index in [1.807, 2.05) is 23.3 Å². The molecule has 0 spiro atoms. The van der Waals surface area contributed by atoms with Crippen LogP contribution in [0.1, 0.15) is 25.5 Å². The SMILES string of the molecule is Clc1ccnc2c(-c3cnn(C4CCCCO4)c3)c[nH]c12. The zero-order valence-corrected chi connectivity index (χ0v) is 12.2. The number of ether oxygens (including phenoxy) is 1. The molecule has 0 bridgehead atoms. The smallest absolute Gasteiger partial charge is 0.150 e. The van der Waals surface area contributed by atoms with Crippen molar-refractivity contribution in [2.75, 3.05) is 6.61 Å². The summed E-state index contributed by atoms with van der Waals surface area (Å²) in [5.74, 6) is 0. The summed E-state index contributed by atoms with van der Waals surface area (Å²) < 4.78 is 7.66. The van der Waals surface area contributed by atoms with Crippen molar-refractivity contribution in [1.29, 1.82) is 0 Å². The van der Waals surface area contributed by atoms with Gasteiger partial charge >= 0.3 is 0 Å². The standard InChI is InChI=1S/C15H15ClN4O/c16-12-4-5-17-14-11(8-18-15(12)14)10-7-19-20(9-10)13-3-1-2-6-21-13/h4-5,7-9,13,18H,1-3,6H2. The van der Waals surface area contributed by atoms with E-state index in [0.717, 1.165) is 41.6 Å². The van der Waals surface area contributed by atoms with E-state index >= 15 is 0 Å². The Hall–Kier alpha value is -1.85. The van der Waals surface area contributed by atoms with Crippen LogP contribution in [-0.4, -0.2) is 26.4 Å². The highest BCUT2D eigenvalue weighted by molar-refractivity contribution is 6.35. The molecule has 5 nitrogen and oxygen atoms in total. The lowest BCUT2D eigenvalue weighted by atomic mass is 10.1. The number of nitrogens with zero attached hydrogens (tertiary/aromatic N) is 3. The molecule has 21 heavy (non-hydrogen) atoms. The number of H-pyrrole nitrogens is 1. The van der Waals surface area contributed by atoms with Gasteiger partial charge in [-0.05, 0) is 25.3 Å². The van der Waals surface area contributed by atoms with Crippen molar-refractivity contribution in [3.8, 4) is 11.1 Å². The third kappa shape index (κ3) is 2.22. The van der Waals surface area contributed by atoms with Gasteiger partial charge in [-0.3, -0.25) is 4.98 Å². The zero-order chi connectivity index (χ0) is 14.2. The number of aromatic nitrogens is 4. The Bertz CT molecular complexity index is 773. The Balaban J connectivity index is 1.72. The lowest BCUT2D eigenvalue weighted by Crippen LogP contribution is -2.18. The highest BCUT2D eigenvalue weighted by Gasteiger charge is 2.18. The van der Waals surface area contributed by atoms with Crippen LogP contribution in [0.25, 0.3) is 22.2 Å². The second-order valence-electron chi connectivity index (χ2n) is 5.25. The average molecular weight is 303 g/mol. The first-order valence-electron chi connectivity index (χ1n) is 7.10. The predicted molar refractivity (Wildman–Crippen MR) is 81.2 cm³/mol. The van der Waals surface area contributed by atoms with Gasteiger partial charge in [0.15, 0.2) is 0 Å². The summed E-state index contributed by atoms with van der Waals surface area (Å²) in [4.78, 5) is 7.60. The molecule has 0 saturated carbocycles. The van der Waals surface area contributed by atoms with Crippen LogP contribution in [0, 0.1) is 0 Å². The molecule has 1 saturated heterocycles. The Morgan fingerprint density at radius 2 is 2.33 bits per heavy atom. The lowest BCUT2D eigenvalue weighted by molar-refractivity contribution is -0.0394. The Morgan fingerprint density at radius 1 is 1.38 bits per heavy atom. The molecule has 0 radical (unpaired) electrons. The normalized spacial score (nSPS) is 19.2. The molecule has 0 amide bonds. The van der Waals surface area contributed by atoms with Gasteiger partial charge in [-0.2, -0.15) is 5.10 Å². The van der Waals surface area contributed by atoms with E-state index in [-0.39, 0.29) is 6.23 Å². The maximum atomic E-state index is 6.17. The van der Waals surface area contributed by atoms with Gasteiger partial charge in [-0.1, -0.05) is 11.6 Å². The van der Waals surface area contributed by atoms with E-state index in [2.05, 4.69) is 15.1 Å². The highest BCUT2D eigenvalue weighted by Crippen LogP contribution is 2.31. The van der Waals surface area contributed by atoms with Crippen molar-refractivity contribution < 1.29 is 4.74 Å². The van der Waals surface area contributed by atoms with E-state index in [1.54, 1.807) is 12.3 Å². The molecule has 3 aromatic rings. The second-order valence-corrected chi connectivity index (χ2v) is 5.66. The lowest BCUT2D eigenvalue weighted by Gasteiger charge is -2.22. The number of pyridine rings is 1. The molecule has 0 aliphatic carbocycles. The number of rotatable bonds is 2. The van der Waals surface area contributed by atoms with Crippen LogP contribution in [-0.2, 0) is 4.74 Å². The Labute approximate surface area is 126 Å². The minimum Gasteiger partial charge on any atom is -0.358 e. The summed E-state index contributed by atoms with van der Waals surface area (Å²) in [6.07, 6.45) is 10.9. The van der Waals surface area contributed by atoms with Gasteiger partial charge in [0.05, 0.1) is 22.3 Å². The molecule has 1 atom stereocenters. The van der Waals surface area contributed by atoms with E-state index in [4.69, 9.17) is 16.3 Å². The Morgan fingerprint density at radius 3 is 3.19 bits per heavy atom. The number of fused-ring (bicyclic) bond motifs is 1. The summed E-state index contributed by atoms with van der Waals surface area (Å²) >= 11 is 6.17. The van der Waals surface area contributed by atoms with Crippen LogP contribution >= 0.6 is 11.6 Å². The Kier molecular flexibility index (Phi) is 3.16. The van der Waals surface area contributed by atoms with E-state index < -0.39 is 0 Å². The number of nitrogens with one attached hydrogen (secondary N) is 1. The van der Waals surface area contributed by atoms with Gasteiger partial charge in [0, 0.05) is 36.3 Å². The maximum absolute atomic E-state index is 6.17. The van der Waals surface area contributed by atoms with Crippen molar-refractivity contribution >= 4 is 22.6 Å². The summed E-state index contributed by atoms with van der Waals surface area (Å²) in [6.45, 7) is 0.810. The minimum atomic E-state index is 0.0502. The third-order valence-corrected chi connectivity index (χ3v) is 4.19. The topological polar surface area (TPSA) is 55.7 Å². The predicted octanol–water partition coefficient (Wildman–Crippen LogP) is 3.78. The summed E-state index contributed by atoms with van der Waals surface area (Å²) in [7, 11) is 0. The third-order valence-electron chi connectivity index (χ3n) is 3.88. The highest BCUT2D eigenvalue weighted by atomic mass is 35.5. The van der Waals surface area contributed by atoms with Gasteiger partial charge in [0.1, 0.15) is 6.23 Å². The summed E-state index contributed by atoms with van der Waals surface area (Å²) in [5, 5.41) is 5.12. The number of aromatic amines is 1. The fraction of sp³-hybridized carbons (Fsp3) is 0.333. The molecule has 4 rings (SSSR count). The van der Waals surface area contributed by atoms with Crippen molar-refractivity contribution in [2.45, 2.75) is 25.5 Å². The van der Waals surface area contributed by atoms with E-state index in [9.17, 15) is 0 Å². The van der Waals surface area contributed by atoms with Crippen LogP contribution in [0.15, 0.2) is 30.9 Å². The van der Waals surface area contributed by atoms with E-state index in [1.165, 1.54) is 6.42 Å². The molecule has 6 heteroatoms. The van der Waals surface area contributed by atoms with Crippen molar-refractivity contribution in [1.82, 2.24) is 19.7 Å². The van der Waals surface area contributed by atoms with Crippen LogP contribution < -0.4 is 0 Å². The summed E-state index contributed by atoms with van der Waals surface area (Å²) in [6, 6.07) is 1.78. The molecule has 4 heterocycles. The molecule has 0 aromatic carbocycles. The number of hydrogen-bond donors (Lipinski definition) is 1. The molecule has 1 aliphatic rings. The maximum Gasteiger partial charge on any atom is 0.150 e.